The number of benzene rings is 2. The Balaban J connectivity index is 1.79. The van der Waals surface area contributed by atoms with Crippen LogP contribution in [0.4, 0.5) is 0 Å². The van der Waals surface area contributed by atoms with Crippen molar-refractivity contribution in [1.29, 1.82) is 0 Å². The quantitative estimate of drug-likeness (QED) is 0.577. The van der Waals surface area contributed by atoms with Crippen LogP contribution in [0.3, 0.4) is 0 Å². The van der Waals surface area contributed by atoms with E-state index >= 15 is 0 Å². The second-order valence-corrected chi connectivity index (χ2v) is 7.65. The molecule has 0 aliphatic carbocycles. The molecule has 3 N–H and O–H groups in total. The van der Waals surface area contributed by atoms with Crippen LogP contribution in [0, 0.1) is 13.8 Å². The first kappa shape index (κ1) is 21.3. The standard InChI is InChI=1S/C22H20BrN3O4/c1-13-10-14(2)26(22(29)19(13)20(24)27)25-21(28)16-5-3-4-15(11-16)12-30-18-8-6-17(23)7-9-18/h3-11H,12H2,1-2H3,(H2,24,27)(H,25,28). The topological polar surface area (TPSA) is 103 Å². The van der Waals surface area contributed by atoms with Gasteiger partial charge in [-0.25, -0.2) is 4.68 Å². The molecule has 1 heterocycles. The zero-order valence-corrected chi connectivity index (χ0v) is 18.0. The van der Waals surface area contributed by atoms with Crippen LogP contribution < -0.4 is 21.5 Å². The molecule has 154 valence electrons. The minimum absolute atomic E-state index is 0.155. The normalized spacial score (nSPS) is 10.5. The van der Waals surface area contributed by atoms with Gasteiger partial charge >= 0.3 is 0 Å². The molecule has 3 rings (SSSR count). The van der Waals surface area contributed by atoms with Gasteiger partial charge in [-0.05, 0) is 67.4 Å². The third kappa shape index (κ3) is 4.77. The second-order valence-electron chi connectivity index (χ2n) is 6.73. The summed E-state index contributed by atoms with van der Waals surface area (Å²) in [6.07, 6.45) is 0. The first-order valence-corrected chi connectivity index (χ1v) is 9.87. The van der Waals surface area contributed by atoms with E-state index in [0.29, 0.717) is 22.6 Å². The van der Waals surface area contributed by atoms with Crippen LogP contribution in [0.5, 0.6) is 5.75 Å². The molecule has 0 aliphatic heterocycles. The van der Waals surface area contributed by atoms with Crippen molar-refractivity contribution in [1.82, 2.24) is 4.68 Å². The molecule has 0 saturated carbocycles. The molecule has 30 heavy (non-hydrogen) atoms. The molecule has 3 aromatic rings. The Morgan fingerprint density at radius 3 is 2.47 bits per heavy atom. The number of hydrogen-bond acceptors (Lipinski definition) is 4. The van der Waals surface area contributed by atoms with Gasteiger partial charge in [-0.2, -0.15) is 0 Å². The van der Waals surface area contributed by atoms with Gasteiger partial charge in [0.25, 0.3) is 17.4 Å². The number of halogens is 1. The lowest BCUT2D eigenvalue weighted by molar-refractivity contribution is 0.0986. The summed E-state index contributed by atoms with van der Waals surface area (Å²) in [4.78, 5) is 36.9. The van der Waals surface area contributed by atoms with E-state index in [2.05, 4.69) is 21.4 Å². The number of pyridine rings is 1. The monoisotopic (exact) mass is 469 g/mol. The number of rotatable bonds is 6. The van der Waals surface area contributed by atoms with E-state index < -0.39 is 17.4 Å². The lowest BCUT2D eigenvalue weighted by atomic mass is 10.1. The smallest absolute Gasteiger partial charge is 0.282 e. The third-order valence-electron chi connectivity index (χ3n) is 4.46. The fourth-order valence-electron chi connectivity index (χ4n) is 3.00. The number of amides is 2. The van der Waals surface area contributed by atoms with Crippen molar-refractivity contribution in [2.24, 2.45) is 5.73 Å². The molecule has 0 aliphatic rings. The van der Waals surface area contributed by atoms with Crippen LogP contribution in [0.1, 0.15) is 37.5 Å². The molecule has 1 aromatic heterocycles. The highest BCUT2D eigenvalue weighted by Gasteiger charge is 2.17. The van der Waals surface area contributed by atoms with Crippen molar-refractivity contribution in [3.8, 4) is 5.75 Å². The average Bonchev–Trinajstić information content (AvgIpc) is 2.70. The molecule has 7 nitrogen and oxygen atoms in total. The van der Waals surface area contributed by atoms with Crippen LogP contribution in [0.15, 0.2) is 63.9 Å². The van der Waals surface area contributed by atoms with Gasteiger partial charge in [-0.1, -0.05) is 28.1 Å². The Hall–Kier alpha value is -3.39. The number of nitrogens with one attached hydrogen (secondary N) is 1. The van der Waals surface area contributed by atoms with E-state index in [1.807, 2.05) is 30.3 Å². The molecule has 0 spiro atoms. The van der Waals surface area contributed by atoms with E-state index in [-0.39, 0.29) is 12.2 Å². The zero-order chi connectivity index (χ0) is 21.8. The summed E-state index contributed by atoms with van der Waals surface area (Å²) in [5.41, 5.74) is 9.09. The van der Waals surface area contributed by atoms with E-state index in [9.17, 15) is 14.4 Å². The predicted molar refractivity (Wildman–Crippen MR) is 117 cm³/mol. The molecular formula is C22H20BrN3O4. The Labute approximate surface area is 181 Å². The lowest BCUT2D eigenvalue weighted by Crippen LogP contribution is -2.39. The van der Waals surface area contributed by atoms with Crippen molar-refractivity contribution in [2.75, 3.05) is 5.43 Å². The van der Waals surface area contributed by atoms with Crippen LogP contribution >= 0.6 is 15.9 Å². The average molecular weight is 470 g/mol. The van der Waals surface area contributed by atoms with Crippen LogP contribution in [0.2, 0.25) is 0 Å². The van der Waals surface area contributed by atoms with Crippen molar-refractivity contribution >= 4 is 27.7 Å². The highest BCUT2D eigenvalue weighted by atomic mass is 79.9. The first-order chi connectivity index (χ1) is 14.3. The van der Waals surface area contributed by atoms with E-state index in [4.69, 9.17) is 10.5 Å². The van der Waals surface area contributed by atoms with E-state index in [1.165, 1.54) is 0 Å². The predicted octanol–water partition coefficient (Wildman–Crippen LogP) is 3.29. The third-order valence-corrected chi connectivity index (χ3v) is 4.99. The number of aryl methyl sites for hydroxylation is 2. The number of aromatic nitrogens is 1. The summed E-state index contributed by atoms with van der Waals surface area (Å²) in [5.74, 6) is -0.633. The molecule has 2 aromatic carbocycles. The molecule has 0 bridgehead atoms. The Morgan fingerprint density at radius 1 is 1.10 bits per heavy atom. The molecule has 0 unspecified atom stereocenters. The fourth-order valence-corrected chi connectivity index (χ4v) is 3.26. The van der Waals surface area contributed by atoms with Gasteiger partial charge in [0.15, 0.2) is 0 Å². The maximum Gasteiger partial charge on any atom is 0.282 e. The number of ether oxygens (including phenoxy) is 1. The number of carbonyl (C=O) groups is 2. The van der Waals surface area contributed by atoms with E-state index in [0.717, 1.165) is 14.7 Å². The Bertz CT molecular complexity index is 1170. The van der Waals surface area contributed by atoms with Gasteiger partial charge in [0.05, 0.1) is 0 Å². The van der Waals surface area contributed by atoms with Gasteiger partial charge in [0, 0.05) is 15.7 Å². The highest BCUT2D eigenvalue weighted by molar-refractivity contribution is 9.10. The summed E-state index contributed by atoms with van der Waals surface area (Å²) in [5, 5.41) is 0. The zero-order valence-electron chi connectivity index (χ0n) is 16.4. The number of nitrogens with two attached hydrogens (primary N) is 1. The van der Waals surface area contributed by atoms with Crippen molar-refractivity contribution in [3.05, 3.63) is 97.4 Å². The molecule has 0 saturated heterocycles. The number of hydrogen-bond donors (Lipinski definition) is 2. The van der Waals surface area contributed by atoms with E-state index in [1.54, 1.807) is 38.1 Å². The SMILES string of the molecule is Cc1cc(C)n(NC(=O)c2cccc(COc3ccc(Br)cc3)c2)c(=O)c1C(N)=O. The fraction of sp³-hybridized carbons (Fsp3) is 0.136. The molecule has 0 fully saturated rings. The maximum atomic E-state index is 12.7. The summed E-state index contributed by atoms with van der Waals surface area (Å²) in [6.45, 7) is 3.55. The van der Waals surface area contributed by atoms with Gasteiger partial charge < -0.3 is 10.5 Å². The van der Waals surface area contributed by atoms with Crippen LogP contribution in [0.25, 0.3) is 0 Å². The van der Waals surface area contributed by atoms with Gasteiger partial charge in [0.1, 0.15) is 17.9 Å². The Morgan fingerprint density at radius 2 is 1.80 bits per heavy atom. The number of nitrogens with zero attached hydrogens (tertiary/aromatic N) is 1. The largest absolute Gasteiger partial charge is 0.489 e. The molecule has 2 amide bonds. The molecule has 8 heteroatoms. The lowest BCUT2D eigenvalue weighted by Gasteiger charge is -2.14. The summed E-state index contributed by atoms with van der Waals surface area (Å²) in [7, 11) is 0. The minimum Gasteiger partial charge on any atom is -0.489 e. The minimum atomic E-state index is -0.840. The first-order valence-electron chi connectivity index (χ1n) is 9.08. The summed E-state index contributed by atoms with van der Waals surface area (Å²) in [6, 6.07) is 15.9. The number of primary amides is 1. The Kier molecular flexibility index (Phi) is 6.37. The number of carbonyl (C=O) groups excluding carboxylic acids is 2. The molecular weight excluding hydrogens is 450 g/mol. The van der Waals surface area contributed by atoms with Gasteiger partial charge in [0.2, 0.25) is 0 Å². The molecule has 0 radical (unpaired) electrons. The molecule has 0 atom stereocenters. The van der Waals surface area contributed by atoms with Crippen molar-refractivity contribution in [2.45, 2.75) is 20.5 Å². The maximum absolute atomic E-state index is 12.7. The summed E-state index contributed by atoms with van der Waals surface area (Å²) < 4.78 is 7.72. The van der Waals surface area contributed by atoms with Gasteiger partial charge in [-0.15, -0.1) is 0 Å². The van der Waals surface area contributed by atoms with Crippen LogP contribution in [-0.2, 0) is 6.61 Å². The van der Waals surface area contributed by atoms with Crippen molar-refractivity contribution in [3.63, 3.8) is 0 Å². The van der Waals surface area contributed by atoms with Crippen LogP contribution in [-0.4, -0.2) is 16.5 Å². The van der Waals surface area contributed by atoms with Gasteiger partial charge in [-0.3, -0.25) is 19.8 Å². The summed E-state index contributed by atoms with van der Waals surface area (Å²) >= 11 is 3.37. The highest BCUT2D eigenvalue weighted by Crippen LogP contribution is 2.18. The van der Waals surface area contributed by atoms with Crippen molar-refractivity contribution < 1.29 is 14.3 Å². The second kappa shape index (κ2) is 8.96.